The smallest absolute Gasteiger partial charge is 0.244 e. The summed E-state index contributed by atoms with van der Waals surface area (Å²) in [6, 6.07) is 0. The van der Waals surface area contributed by atoms with E-state index >= 15 is 0 Å². The van der Waals surface area contributed by atoms with E-state index in [1.807, 2.05) is 39.2 Å². The number of aryl methyl sites for hydroxylation is 2. The van der Waals surface area contributed by atoms with E-state index in [2.05, 4.69) is 20.3 Å². The molecular weight excluding hydrogens is 192 g/mol. The first-order chi connectivity index (χ1) is 7.08. The van der Waals surface area contributed by atoms with Gasteiger partial charge in [-0.1, -0.05) is 0 Å². The number of nitrogens with zero attached hydrogens (tertiary/aromatic N) is 5. The molecule has 80 valence electrons. The molecule has 2 aromatic rings. The Balaban J connectivity index is 2.41. The van der Waals surface area contributed by atoms with Crippen molar-refractivity contribution in [3.63, 3.8) is 0 Å². The molecule has 2 rings (SSSR count). The van der Waals surface area contributed by atoms with Gasteiger partial charge in [0.15, 0.2) is 5.82 Å². The first-order valence-electron chi connectivity index (χ1n) is 4.68. The third-order valence-electron chi connectivity index (χ3n) is 2.14. The Labute approximate surface area is 87.9 Å². The van der Waals surface area contributed by atoms with E-state index < -0.39 is 0 Å². The van der Waals surface area contributed by atoms with Crippen molar-refractivity contribution in [3.8, 4) is 11.4 Å². The molecule has 0 amide bonds. The number of nitrogens with one attached hydrogen (secondary N) is 1. The van der Waals surface area contributed by atoms with Crippen molar-refractivity contribution in [2.24, 2.45) is 7.05 Å². The lowest BCUT2D eigenvalue weighted by Crippen LogP contribution is -2.10. The van der Waals surface area contributed by atoms with Crippen molar-refractivity contribution in [1.29, 1.82) is 0 Å². The first kappa shape index (κ1) is 9.70. The van der Waals surface area contributed by atoms with Crippen LogP contribution in [0.5, 0.6) is 0 Å². The summed E-state index contributed by atoms with van der Waals surface area (Å²) >= 11 is 0. The Bertz CT molecular complexity index is 467. The second kappa shape index (κ2) is 3.38. The summed E-state index contributed by atoms with van der Waals surface area (Å²) in [6.07, 6.45) is 1.93. The van der Waals surface area contributed by atoms with Crippen LogP contribution >= 0.6 is 0 Å². The molecule has 0 saturated heterocycles. The number of aromatic amines is 1. The van der Waals surface area contributed by atoms with Crippen LogP contribution in [0.4, 0.5) is 5.95 Å². The molecule has 0 radical (unpaired) electrons. The lowest BCUT2D eigenvalue weighted by atomic mass is 10.2. The fraction of sp³-hybridized carbons (Fsp3) is 0.444. The van der Waals surface area contributed by atoms with Gasteiger partial charge in [0.05, 0.1) is 11.3 Å². The van der Waals surface area contributed by atoms with Crippen LogP contribution in [0.15, 0.2) is 6.20 Å². The molecule has 0 fully saturated rings. The van der Waals surface area contributed by atoms with Gasteiger partial charge in [0.1, 0.15) is 0 Å². The maximum absolute atomic E-state index is 4.36. The number of anilines is 1. The minimum atomic E-state index is 0.674. The molecule has 0 aliphatic rings. The van der Waals surface area contributed by atoms with Crippen LogP contribution in [-0.4, -0.2) is 39.1 Å². The minimum absolute atomic E-state index is 0.674. The SMILES string of the molecule is Cc1nn(C)cc1-c1nc(N(C)C)n[nH]1. The van der Waals surface area contributed by atoms with E-state index in [0.29, 0.717) is 5.95 Å². The highest BCUT2D eigenvalue weighted by molar-refractivity contribution is 5.57. The maximum atomic E-state index is 4.36. The summed E-state index contributed by atoms with van der Waals surface area (Å²) < 4.78 is 1.77. The molecule has 0 unspecified atom stereocenters. The molecule has 0 bridgehead atoms. The summed E-state index contributed by atoms with van der Waals surface area (Å²) in [5.74, 6) is 1.43. The Morgan fingerprint density at radius 2 is 2.13 bits per heavy atom. The highest BCUT2D eigenvalue weighted by Crippen LogP contribution is 2.19. The highest BCUT2D eigenvalue weighted by atomic mass is 15.3. The second-order valence-electron chi connectivity index (χ2n) is 3.68. The number of hydrogen-bond donors (Lipinski definition) is 1. The van der Waals surface area contributed by atoms with Gasteiger partial charge in [-0.15, -0.1) is 5.10 Å². The number of H-pyrrole nitrogens is 1. The van der Waals surface area contributed by atoms with Crippen LogP contribution in [0.1, 0.15) is 5.69 Å². The van der Waals surface area contributed by atoms with Crippen molar-refractivity contribution < 1.29 is 0 Å². The molecule has 0 spiro atoms. The topological polar surface area (TPSA) is 62.6 Å². The van der Waals surface area contributed by atoms with Crippen LogP contribution in [0.25, 0.3) is 11.4 Å². The monoisotopic (exact) mass is 206 g/mol. The molecule has 15 heavy (non-hydrogen) atoms. The Morgan fingerprint density at radius 3 is 2.60 bits per heavy atom. The first-order valence-corrected chi connectivity index (χ1v) is 4.68. The van der Waals surface area contributed by atoms with Crippen molar-refractivity contribution in [3.05, 3.63) is 11.9 Å². The molecule has 0 saturated carbocycles. The largest absolute Gasteiger partial charge is 0.346 e. The standard InChI is InChI=1S/C9H14N6/c1-6-7(5-15(4)13-6)8-10-9(12-11-8)14(2)3/h5H,1-4H3,(H,10,11,12). The fourth-order valence-corrected chi connectivity index (χ4v) is 1.41. The van der Waals surface area contributed by atoms with Gasteiger partial charge in [0.2, 0.25) is 5.95 Å². The van der Waals surface area contributed by atoms with E-state index in [1.165, 1.54) is 0 Å². The van der Waals surface area contributed by atoms with Gasteiger partial charge >= 0.3 is 0 Å². The summed E-state index contributed by atoms with van der Waals surface area (Å²) in [5, 5.41) is 11.3. The second-order valence-corrected chi connectivity index (χ2v) is 3.68. The zero-order valence-corrected chi connectivity index (χ0v) is 9.31. The van der Waals surface area contributed by atoms with Gasteiger partial charge in [-0.05, 0) is 6.92 Å². The van der Waals surface area contributed by atoms with Crippen molar-refractivity contribution in [2.75, 3.05) is 19.0 Å². The number of rotatable bonds is 2. The lowest BCUT2D eigenvalue weighted by molar-refractivity contribution is 0.756. The molecule has 0 atom stereocenters. The highest BCUT2D eigenvalue weighted by Gasteiger charge is 2.11. The molecule has 0 aliphatic heterocycles. The summed E-state index contributed by atoms with van der Waals surface area (Å²) in [4.78, 5) is 6.21. The predicted molar refractivity (Wildman–Crippen MR) is 57.6 cm³/mol. The molecule has 6 heteroatoms. The summed E-state index contributed by atoms with van der Waals surface area (Å²) in [5.41, 5.74) is 1.93. The van der Waals surface area contributed by atoms with Gasteiger partial charge in [-0.2, -0.15) is 10.1 Å². The minimum Gasteiger partial charge on any atom is -0.346 e. The molecule has 1 N–H and O–H groups in total. The van der Waals surface area contributed by atoms with Gasteiger partial charge in [0.25, 0.3) is 0 Å². The third kappa shape index (κ3) is 1.70. The molecule has 0 aromatic carbocycles. The maximum Gasteiger partial charge on any atom is 0.244 e. The van der Waals surface area contributed by atoms with Crippen molar-refractivity contribution in [1.82, 2.24) is 25.0 Å². The van der Waals surface area contributed by atoms with Gasteiger partial charge < -0.3 is 4.90 Å². The van der Waals surface area contributed by atoms with E-state index in [0.717, 1.165) is 17.1 Å². The Morgan fingerprint density at radius 1 is 1.40 bits per heavy atom. The number of aromatic nitrogens is 5. The zero-order chi connectivity index (χ0) is 11.0. The van der Waals surface area contributed by atoms with E-state index in [1.54, 1.807) is 4.68 Å². The summed E-state index contributed by atoms with van der Waals surface area (Å²) in [7, 11) is 5.70. The van der Waals surface area contributed by atoms with Crippen LogP contribution in [0.3, 0.4) is 0 Å². The van der Waals surface area contributed by atoms with Gasteiger partial charge in [0, 0.05) is 27.3 Å². The third-order valence-corrected chi connectivity index (χ3v) is 2.14. The van der Waals surface area contributed by atoms with Crippen LogP contribution in [0.2, 0.25) is 0 Å². The summed E-state index contributed by atoms with van der Waals surface area (Å²) in [6.45, 7) is 1.95. The number of hydrogen-bond acceptors (Lipinski definition) is 4. The molecular formula is C9H14N6. The molecule has 2 aromatic heterocycles. The quantitative estimate of drug-likeness (QED) is 0.780. The Hall–Kier alpha value is -1.85. The average molecular weight is 206 g/mol. The van der Waals surface area contributed by atoms with Crippen LogP contribution < -0.4 is 4.90 Å². The molecule has 2 heterocycles. The van der Waals surface area contributed by atoms with Crippen molar-refractivity contribution >= 4 is 5.95 Å². The van der Waals surface area contributed by atoms with Crippen molar-refractivity contribution in [2.45, 2.75) is 6.92 Å². The van der Waals surface area contributed by atoms with Gasteiger partial charge in [-0.3, -0.25) is 9.78 Å². The lowest BCUT2D eigenvalue weighted by Gasteiger charge is -2.03. The van der Waals surface area contributed by atoms with E-state index in [4.69, 9.17) is 0 Å². The molecule has 6 nitrogen and oxygen atoms in total. The zero-order valence-electron chi connectivity index (χ0n) is 9.31. The van der Waals surface area contributed by atoms with Crippen LogP contribution in [0, 0.1) is 6.92 Å². The average Bonchev–Trinajstić information content (AvgIpc) is 2.71. The van der Waals surface area contributed by atoms with E-state index in [9.17, 15) is 0 Å². The van der Waals surface area contributed by atoms with Gasteiger partial charge in [-0.25, -0.2) is 0 Å². The normalized spacial score (nSPS) is 10.7. The van der Waals surface area contributed by atoms with E-state index in [-0.39, 0.29) is 0 Å². The van der Waals surface area contributed by atoms with Crippen LogP contribution in [-0.2, 0) is 7.05 Å². The fourth-order valence-electron chi connectivity index (χ4n) is 1.41. The molecule has 0 aliphatic carbocycles. The predicted octanol–water partition coefficient (Wildman–Crippen LogP) is 0.580. The Kier molecular flexibility index (Phi) is 2.18.